The number of amides is 1. The lowest BCUT2D eigenvalue weighted by molar-refractivity contribution is -0.137. The van der Waals surface area contributed by atoms with Gasteiger partial charge in [0, 0.05) is 68.7 Å². The zero-order chi connectivity index (χ0) is 19.4. The van der Waals surface area contributed by atoms with Crippen molar-refractivity contribution in [2.24, 2.45) is 5.41 Å². The molecule has 2 aromatic heterocycles. The van der Waals surface area contributed by atoms with E-state index in [1.54, 1.807) is 19.5 Å². The molecule has 2 fully saturated rings. The van der Waals surface area contributed by atoms with Crippen molar-refractivity contribution >= 4 is 11.7 Å². The Balaban J connectivity index is 1.46. The molecule has 4 heterocycles. The smallest absolute Gasteiger partial charge is 0.257 e. The number of piperidine rings is 2. The van der Waals surface area contributed by atoms with Crippen molar-refractivity contribution in [3.05, 3.63) is 42.5 Å². The first-order valence-electron chi connectivity index (χ1n) is 9.97. The van der Waals surface area contributed by atoms with E-state index in [1.807, 2.05) is 29.3 Å². The van der Waals surface area contributed by atoms with Crippen LogP contribution in [-0.2, 0) is 11.2 Å². The molecular formula is C21H27N5O2. The van der Waals surface area contributed by atoms with Gasteiger partial charge >= 0.3 is 0 Å². The molecule has 0 aliphatic carbocycles. The lowest BCUT2D eigenvalue weighted by atomic mass is 9.73. The maximum Gasteiger partial charge on any atom is 0.257 e. The molecule has 1 amide bonds. The van der Waals surface area contributed by atoms with E-state index in [2.05, 4.69) is 19.9 Å². The fourth-order valence-electron chi connectivity index (χ4n) is 4.50. The van der Waals surface area contributed by atoms with Gasteiger partial charge in [0.05, 0.1) is 7.11 Å². The fourth-order valence-corrected chi connectivity index (χ4v) is 4.50. The highest BCUT2D eigenvalue weighted by molar-refractivity contribution is 5.77. The van der Waals surface area contributed by atoms with Crippen molar-refractivity contribution in [3.63, 3.8) is 0 Å². The molecular weight excluding hydrogens is 354 g/mol. The van der Waals surface area contributed by atoms with Crippen LogP contribution in [0, 0.1) is 5.41 Å². The summed E-state index contributed by atoms with van der Waals surface area (Å²) in [5.41, 5.74) is 1.14. The topological polar surface area (TPSA) is 71.5 Å². The van der Waals surface area contributed by atoms with Crippen LogP contribution in [0.5, 0.6) is 5.88 Å². The van der Waals surface area contributed by atoms with E-state index in [4.69, 9.17) is 4.74 Å². The number of nitrogens with zero attached hydrogens (tertiary/aromatic N) is 5. The zero-order valence-electron chi connectivity index (χ0n) is 16.4. The lowest BCUT2D eigenvalue weighted by Crippen LogP contribution is -2.54. The molecule has 0 bridgehead atoms. The molecule has 0 unspecified atom stereocenters. The van der Waals surface area contributed by atoms with Gasteiger partial charge in [-0.25, -0.2) is 9.97 Å². The van der Waals surface area contributed by atoms with Crippen LogP contribution in [0.2, 0.25) is 0 Å². The Morgan fingerprint density at radius 1 is 1.11 bits per heavy atom. The summed E-state index contributed by atoms with van der Waals surface area (Å²) in [4.78, 5) is 30.1. The molecule has 4 rings (SSSR count). The second kappa shape index (κ2) is 8.12. The normalized spacial score (nSPS) is 22.5. The molecule has 0 radical (unpaired) electrons. The molecule has 0 aromatic carbocycles. The molecule has 2 aliphatic rings. The minimum Gasteiger partial charge on any atom is -0.478 e. The first-order chi connectivity index (χ1) is 13.7. The van der Waals surface area contributed by atoms with Crippen molar-refractivity contribution in [1.29, 1.82) is 0 Å². The molecule has 7 heteroatoms. The first-order valence-corrected chi connectivity index (χ1v) is 9.97. The van der Waals surface area contributed by atoms with Gasteiger partial charge in [0.15, 0.2) is 5.82 Å². The third kappa shape index (κ3) is 3.93. The molecule has 0 saturated carbocycles. The summed E-state index contributed by atoms with van der Waals surface area (Å²) in [5.74, 6) is 1.63. The van der Waals surface area contributed by atoms with E-state index in [1.165, 1.54) is 0 Å². The number of pyridine rings is 1. The van der Waals surface area contributed by atoms with Crippen molar-refractivity contribution < 1.29 is 9.53 Å². The highest BCUT2D eigenvalue weighted by Crippen LogP contribution is 2.41. The summed E-state index contributed by atoms with van der Waals surface area (Å²) in [6, 6.07) is 5.93. The van der Waals surface area contributed by atoms with Crippen molar-refractivity contribution in [1.82, 2.24) is 19.9 Å². The van der Waals surface area contributed by atoms with Gasteiger partial charge in [-0.2, -0.15) is 0 Å². The minimum atomic E-state index is 0.110. The van der Waals surface area contributed by atoms with Crippen LogP contribution in [-0.4, -0.2) is 59.0 Å². The second-order valence-electron chi connectivity index (χ2n) is 7.80. The van der Waals surface area contributed by atoms with Crippen LogP contribution < -0.4 is 9.64 Å². The summed E-state index contributed by atoms with van der Waals surface area (Å²) in [6.07, 6.45) is 9.75. The number of ether oxygens (including phenoxy) is 1. The first kappa shape index (κ1) is 18.7. The van der Waals surface area contributed by atoms with E-state index in [0.717, 1.165) is 63.4 Å². The number of carbonyl (C=O) groups excluding carboxylic acids is 1. The maximum atomic E-state index is 12.5. The van der Waals surface area contributed by atoms with Crippen molar-refractivity contribution in [2.45, 2.75) is 32.1 Å². The monoisotopic (exact) mass is 381 g/mol. The number of hydrogen-bond donors (Lipinski definition) is 0. The zero-order valence-corrected chi connectivity index (χ0v) is 16.4. The number of likely N-dealkylation sites (tertiary alicyclic amines) is 1. The van der Waals surface area contributed by atoms with Crippen molar-refractivity contribution in [3.8, 4) is 5.88 Å². The van der Waals surface area contributed by atoms with Crippen LogP contribution in [0.1, 0.15) is 31.4 Å². The minimum absolute atomic E-state index is 0.110. The van der Waals surface area contributed by atoms with Crippen LogP contribution in [0.25, 0.3) is 0 Å². The molecule has 1 spiro atoms. The van der Waals surface area contributed by atoms with Gasteiger partial charge in [0.25, 0.3) is 5.88 Å². The highest BCUT2D eigenvalue weighted by atomic mass is 16.5. The fraction of sp³-hybridized carbons (Fsp3) is 0.524. The number of aromatic nitrogens is 3. The number of hydrogen-bond acceptors (Lipinski definition) is 6. The number of anilines is 1. The van der Waals surface area contributed by atoms with E-state index in [9.17, 15) is 4.79 Å². The van der Waals surface area contributed by atoms with Crippen LogP contribution in [0.3, 0.4) is 0 Å². The maximum absolute atomic E-state index is 12.5. The molecule has 7 nitrogen and oxygen atoms in total. The SMILES string of the molecule is COc1nccnc1N1CCC[C@]2(CCC(=O)N(CCc3ccccn3)C2)C1. The van der Waals surface area contributed by atoms with Crippen LogP contribution in [0.4, 0.5) is 5.82 Å². The molecule has 28 heavy (non-hydrogen) atoms. The molecule has 2 aliphatic heterocycles. The predicted molar refractivity (Wildman–Crippen MR) is 106 cm³/mol. The number of methoxy groups -OCH3 is 1. The average molecular weight is 381 g/mol. The largest absolute Gasteiger partial charge is 0.478 e. The van der Waals surface area contributed by atoms with Crippen LogP contribution in [0.15, 0.2) is 36.8 Å². The van der Waals surface area contributed by atoms with E-state index < -0.39 is 0 Å². The Bertz CT molecular complexity index is 815. The molecule has 2 saturated heterocycles. The van der Waals surface area contributed by atoms with Gasteiger partial charge in [-0.15, -0.1) is 0 Å². The molecule has 2 aromatic rings. The van der Waals surface area contributed by atoms with E-state index in [-0.39, 0.29) is 11.3 Å². The summed E-state index contributed by atoms with van der Waals surface area (Å²) in [6.45, 7) is 3.36. The Hall–Kier alpha value is -2.70. The van der Waals surface area contributed by atoms with Gasteiger partial charge in [-0.05, 0) is 31.4 Å². The van der Waals surface area contributed by atoms with Crippen molar-refractivity contribution in [2.75, 3.05) is 38.2 Å². The Morgan fingerprint density at radius 3 is 2.82 bits per heavy atom. The van der Waals surface area contributed by atoms with Crippen LogP contribution >= 0.6 is 0 Å². The van der Waals surface area contributed by atoms with Gasteiger partial charge in [-0.3, -0.25) is 9.78 Å². The van der Waals surface area contributed by atoms with Gasteiger partial charge in [0.2, 0.25) is 5.91 Å². The number of carbonyl (C=O) groups is 1. The summed E-state index contributed by atoms with van der Waals surface area (Å²) >= 11 is 0. The number of rotatable bonds is 5. The Kier molecular flexibility index (Phi) is 5.41. The molecule has 0 N–H and O–H groups in total. The third-order valence-electron chi connectivity index (χ3n) is 5.91. The van der Waals surface area contributed by atoms with E-state index >= 15 is 0 Å². The predicted octanol–water partition coefficient (Wildman–Crippen LogP) is 2.33. The molecule has 1 atom stereocenters. The Labute approximate surface area is 165 Å². The van der Waals surface area contributed by atoms with E-state index in [0.29, 0.717) is 12.3 Å². The van der Waals surface area contributed by atoms with Gasteiger partial charge < -0.3 is 14.5 Å². The average Bonchev–Trinajstić information content (AvgIpc) is 2.75. The quantitative estimate of drug-likeness (QED) is 0.792. The lowest BCUT2D eigenvalue weighted by Gasteiger charge is -2.48. The standard InChI is InChI=1S/C21H27N5O2/c1-28-20-19(23-11-12-24-20)26-13-4-8-21(16-26)9-6-18(27)25(15-21)14-7-17-5-2-3-10-22-17/h2-3,5,10-12H,4,6-9,13-16H2,1H3/t21-/m1/s1. The van der Waals surface area contributed by atoms with Gasteiger partial charge in [0.1, 0.15) is 0 Å². The highest BCUT2D eigenvalue weighted by Gasteiger charge is 2.42. The third-order valence-corrected chi connectivity index (χ3v) is 5.91. The second-order valence-corrected chi connectivity index (χ2v) is 7.80. The van der Waals surface area contributed by atoms with Gasteiger partial charge in [-0.1, -0.05) is 6.07 Å². The summed E-state index contributed by atoms with van der Waals surface area (Å²) < 4.78 is 5.41. The summed E-state index contributed by atoms with van der Waals surface area (Å²) in [7, 11) is 1.63. The summed E-state index contributed by atoms with van der Waals surface area (Å²) in [5, 5.41) is 0. The molecule has 148 valence electrons. The Morgan fingerprint density at radius 2 is 2.00 bits per heavy atom.